The van der Waals surface area contributed by atoms with Crippen molar-refractivity contribution in [2.24, 2.45) is 5.92 Å². The van der Waals surface area contributed by atoms with Crippen LogP contribution in [0.25, 0.3) is 0 Å². The summed E-state index contributed by atoms with van der Waals surface area (Å²) >= 11 is 0. The molecule has 3 aliphatic rings. The molecule has 200 valence electrons. The maximum absolute atomic E-state index is 12.8. The molecule has 0 amide bonds. The van der Waals surface area contributed by atoms with Crippen LogP contribution >= 0.6 is 0 Å². The van der Waals surface area contributed by atoms with Crippen molar-refractivity contribution in [3.05, 3.63) is 22.8 Å². The van der Waals surface area contributed by atoms with Crippen molar-refractivity contribution < 1.29 is 48.3 Å². The molecule has 1 saturated heterocycles. The lowest BCUT2D eigenvalue weighted by molar-refractivity contribution is -0.210. The Kier molecular flexibility index (Phi) is 7.45. The number of aliphatic hydroxyl groups is 2. The first-order valence-electron chi connectivity index (χ1n) is 12.2. The first-order chi connectivity index (χ1) is 16.6. The van der Waals surface area contributed by atoms with E-state index in [-0.39, 0.29) is 19.3 Å². The summed E-state index contributed by atoms with van der Waals surface area (Å²) in [6, 6.07) is 0. The van der Waals surface area contributed by atoms with Crippen LogP contribution in [0.3, 0.4) is 0 Å². The second-order valence-electron chi connectivity index (χ2n) is 10.3. The summed E-state index contributed by atoms with van der Waals surface area (Å²) in [6.07, 6.45) is -1.52. The molecule has 0 aromatic heterocycles. The first-order valence-corrected chi connectivity index (χ1v) is 12.2. The van der Waals surface area contributed by atoms with E-state index in [1.165, 1.54) is 6.92 Å². The third kappa shape index (κ3) is 4.34. The second-order valence-corrected chi connectivity index (χ2v) is 10.3. The Bertz CT molecular complexity index is 1020. The Labute approximate surface area is 210 Å². The van der Waals surface area contributed by atoms with Gasteiger partial charge in [-0.2, -0.15) is 0 Å². The quantitative estimate of drug-likeness (QED) is 0.237. The summed E-state index contributed by atoms with van der Waals surface area (Å²) in [7, 11) is 0. The molecule has 1 aliphatic heterocycles. The Balaban J connectivity index is 2.20. The van der Waals surface area contributed by atoms with E-state index >= 15 is 0 Å². The zero-order chi connectivity index (χ0) is 27.2. The van der Waals surface area contributed by atoms with E-state index in [1.54, 1.807) is 40.7 Å². The van der Waals surface area contributed by atoms with Crippen molar-refractivity contribution >= 4 is 23.9 Å². The zero-order valence-electron chi connectivity index (χ0n) is 21.9. The van der Waals surface area contributed by atoms with Gasteiger partial charge >= 0.3 is 23.9 Å². The topological polar surface area (TPSA) is 146 Å². The number of fused-ring (bicyclic) bond motifs is 3. The third-order valence-electron chi connectivity index (χ3n) is 7.78. The van der Waals surface area contributed by atoms with Gasteiger partial charge in [0.2, 0.25) is 0 Å². The van der Waals surface area contributed by atoms with E-state index in [0.717, 1.165) is 6.92 Å². The fourth-order valence-corrected chi connectivity index (χ4v) is 5.60. The number of esters is 4. The van der Waals surface area contributed by atoms with Gasteiger partial charge in [-0.3, -0.25) is 9.59 Å². The standard InChI is InChI=1S/C26H36O10/c1-8-10-19(28)34-18-12-24(6,36-15(5)27)16-11-17(33-22(29)13(3)9-2)14(4)20(16)21-26(18,32)25(7,31)23(30)35-21/h9,16-18,21,31-32H,8,10-12H2,1-7H3/b13-9-/t16?,17-,18+,21+,24+,25-,26-/m1/s1. The fraction of sp³-hybridized carbons (Fsp3) is 0.692. The molecule has 1 saturated carbocycles. The molecule has 3 rings (SSSR count). The molecule has 0 aromatic rings. The summed E-state index contributed by atoms with van der Waals surface area (Å²) in [4.78, 5) is 50.0. The summed E-state index contributed by atoms with van der Waals surface area (Å²) in [5.41, 5.74) is -4.90. The number of hydrogen-bond donors (Lipinski definition) is 2. The van der Waals surface area contributed by atoms with E-state index in [0.29, 0.717) is 23.1 Å². The minimum atomic E-state index is -2.44. The largest absolute Gasteiger partial charge is 0.459 e. The molecule has 0 spiro atoms. The minimum absolute atomic E-state index is 0.0476. The zero-order valence-corrected chi connectivity index (χ0v) is 21.9. The van der Waals surface area contributed by atoms with Crippen LogP contribution in [0.4, 0.5) is 0 Å². The van der Waals surface area contributed by atoms with Crippen molar-refractivity contribution in [1.82, 2.24) is 0 Å². The van der Waals surface area contributed by atoms with Gasteiger partial charge in [0.25, 0.3) is 0 Å². The number of rotatable bonds is 6. The number of allylic oxidation sites excluding steroid dienone is 1. The Hall–Kier alpha value is -2.72. The minimum Gasteiger partial charge on any atom is -0.459 e. The van der Waals surface area contributed by atoms with Crippen LogP contribution in [0.15, 0.2) is 22.8 Å². The van der Waals surface area contributed by atoms with Crippen LogP contribution < -0.4 is 0 Å². The van der Waals surface area contributed by atoms with Gasteiger partial charge in [-0.05, 0) is 58.6 Å². The lowest BCUT2D eigenvalue weighted by Gasteiger charge is -2.41. The van der Waals surface area contributed by atoms with E-state index < -0.39 is 64.9 Å². The molecule has 2 fully saturated rings. The molecule has 10 heteroatoms. The highest BCUT2D eigenvalue weighted by atomic mass is 16.6. The smallest absolute Gasteiger partial charge is 0.341 e. The van der Waals surface area contributed by atoms with Crippen LogP contribution in [0.2, 0.25) is 0 Å². The predicted octanol–water partition coefficient (Wildman–Crippen LogP) is 2.05. The predicted molar refractivity (Wildman–Crippen MR) is 125 cm³/mol. The Morgan fingerprint density at radius 1 is 1.17 bits per heavy atom. The lowest BCUT2D eigenvalue weighted by Crippen LogP contribution is -2.64. The van der Waals surface area contributed by atoms with Gasteiger partial charge in [0, 0.05) is 31.3 Å². The van der Waals surface area contributed by atoms with Gasteiger partial charge in [0.05, 0.1) is 0 Å². The Morgan fingerprint density at radius 3 is 2.36 bits per heavy atom. The van der Waals surface area contributed by atoms with E-state index in [1.807, 2.05) is 0 Å². The molecule has 1 heterocycles. The highest BCUT2D eigenvalue weighted by Crippen LogP contribution is 2.56. The molecule has 0 bridgehead atoms. The molecule has 0 radical (unpaired) electrons. The average molecular weight is 509 g/mol. The lowest BCUT2D eigenvalue weighted by atomic mass is 9.75. The number of carbonyl (C=O) groups excluding carboxylic acids is 4. The summed E-state index contributed by atoms with van der Waals surface area (Å²) in [5, 5.41) is 23.2. The van der Waals surface area contributed by atoms with Gasteiger partial charge in [0.1, 0.15) is 17.8 Å². The van der Waals surface area contributed by atoms with Gasteiger partial charge < -0.3 is 29.2 Å². The molecule has 2 N–H and O–H groups in total. The van der Waals surface area contributed by atoms with E-state index in [9.17, 15) is 29.4 Å². The molecule has 7 atom stereocenters. The highest BCUT2D eigenvalue weighted by molar-refractivity contribution is 5.88. The number of hydrogen-bond acceptors (Lipinski definition) is 10. The molecule has 1 unspecified atom stereocenters. The number of ether oxygens (including phenoxy) is 4. The van der Waals surface area contributed by atoms with Gasteiger partial charge in [-0.25, -0.2) is 9.59 Å². The van der Waals surface area contributed by atoms with Crippen LogP contribution in [0, 0.1) is 5.92 Å². The van der Waals surface area contributed by atoms with Crippen molar-refractivity contribution in [2.45, 2.75) is 109 Å². The van der Waals surface area contributed by atoms with Crippen LogP contribution in [-0.4, -0.2) is 69.2 Å². The van der Waals surface area contributed by atoms with E-state index in [4.69, 9.17) is 18.9 Å². The monoisotopic (exact) mass is 508 g/mol. The summed E-state index contributed by atoms with van der Waals surface area (Å²) < 4.78 is 22.7. The van der Waals surface area contributed by atoms with Crippen LogP contribution in [-0.2, 0) is 38.1 Å². The Morgan fingerprint density at radius 2 is 1.81 bits per heavy atom. The summed E-state index contributed by atoms with van der Waals surface area (Å²) in [5.74, 6) is -3.53. The molecule has 0 aromatic carbocycles. The SMILES string of the molecule is C/C=C(/C)C(=O)O[C@@H]1CC2C(=C1C)[C@@H]1OC(=O)[C@@](C)(O)[C@@]1(O)[C@@H](OC(=O)CCC)C[C@]2(C)OC(C)=O. The molecule has 10 nitrogen and oxygen atoms in total. The summed E-state index contributed by atoms with van der Waals surface area (Å²) in [6.45, 7) is 10.8. The van der Waals surface area contributed by atoms with Crippen molar-refractivity contribution in [1.29, 1.82) is 0 Å². The highest BCUT2D eigenvalue weighted by Gasteiger charge is 2.74. The van der Waals surface area contributed by atoms with Crippen molar-refractivity contribution in [3.8, 4) is 0 Å². The van der Waals surface area contributed by atoms with Crippen molar-refractivity contribution in [2.75, 3.05) is 0 Å². The maximum Gasteiger partial charge on any atom is 0.341 e. The fourth-order valence-electron chi connectivity index (χ4n) is 5.60. The normalized spacial score (nSPS) is 38.0. The second kappa shape index (κ2) is 9.63. The van der Waals surface area contributed by atoms with E-state index in [2.05, 4.69) is 0 Å². The third-order valence-corrected chi connectivity index (χ3v) is 7.78. The van der Waals surface area contributed by atoms with Crippen molar-refractivity contribution in [3.63, 3.8) is 0 Å². The first kappa shape index (κ1) is 27.9. The average Bonchev–Trinajstić information content (AvgIpc) is 3.16. The van der Waals surface area contributed by atoms with Gasteiger partial charge in [-0.15, -0.1) is 0 Å². The number of carbonyl (C=O) groups is 4. The van der Waals surface area contributed by atoms with Gasteiger partial charge in [0.15, 0.2) is 17.3 Å². The van der Waals surface area contributed by atoms with Crippen LogP contribution in [0.5, 0.6) is 0 Å². The molecular weight excluding hydrogens is 472 g/mol. The molecule has 2 aliphatic carbocycles. The molecule has 36 heavy (non-hydrogen) atoms. The molecular formula is C26H36O10. The maximum atomic E-state index is 12.8. The van der Waals surface area contributed by atoms with Crippen LogP contribution in [0.1, 0.15) is 74.1 Å². The van der Waals surface area contributed by atoms with Gasteiger partial charge in [-0.1, -0.05) is 13.0 Å².